The number of rotatable bonds is 7. The van der Waals surface area contributed by atoms with Gasteiger partial charge in [-0.2, -0.15) is 0 Å². The number of ether oxygens (including phenoxy) is 4. The number of amides is 1. The molecule has 1 saturated heterocycles. The van der Waals surface area contributed by atoms with Crippen LogP contribution in [0.1, 0.15) is 76.2 Å². The summed E-state index contributed by atoms with van der Waals surface area (Å²) in [6.07, 6.45) is -0.217. The Morgan fingerprint density at radius 3 is 1.68 bits per heavy atom. The van der Waals surface area contributed by atoms with Gasteiger partial charge in [0.05, 0.1) is 18.3 Å². The lowest BCUT2D eigenvalue weighted by Crippen LogP contribution is -2.86. The normalized spacial score (nSPS) is 21.9. The van der Waals surface area contributed by atoms with Gasteiger partial charge in [0.15, 0.2) is 0 Å². The topological polar surface area (TPSA) is 74.3 Å². The molecule has 0 radical (unpaired) electrons. The minimum atomic E-state index is -1.91. The van der Waals surface area contributed by atoms with Crippen LogP contribution in [0.15, 0.2) is 11.6 Å². The Hall–Kier alpha value is -1.44. The van der Waals surface area contributed by atoms with E-state index in [1.807, 2.05) is 13.8 Å². The molecule has 0 bridgehead atoms. The molecule has 1 heterocycles. The number of ketones is 1. The molecule has 1 rings (SSSR count). The Morgan fingerprint density at radius 2 is 1.36 bits per heavy atom. The Labute approximate surface area is 169 Å². The quantitative estimate of drug-likeness (QED) is 0.467. The largest absolute Gasteiger partial charge is 0.443 e. The molecule has 1 fully saturated rings. The number of Topliss-reactive ketones (excluding diaryl/α,β-unsaturated/α-hetero) is 1. The number of carbonyl (C=O) groups is 2. The fourth-order valence-electron chi connectivity index (χ4n) is 3.06. The van der Waals surface area contributed by atoms with E-state index in [-0.39, 0.29) is 18.3 Å². The molecule has 162 valence electrons. The molecule has 0 N–H and O–H groups in total. The summed E-state index contributed by atoms with van der Waals surface area (Å²) in [5.74, 6) is -2.39. The van der Waals surface area contributed by atoms with Crippen LogP contribution in [0, 0.1) is 0 Å². The summed E-state index contributed by atoms with van der Waals surface area (Å²) in [6.45, 7) is 19.6. The molecule has 7 nitrogen and oxygen atoms in total. The number of likely N-dealkylation sites (tertiary alicyclic amines) is 1. The van der Waals surface area contributed by atoms with Crippen molar-refractivity contribution in [2.24, 2.45) is 0 Å². The van der Waals surface area contributed by atoms with Crippen LogP contribution in [-0.4, -0.2) is 52.3 Å². The number of nitrogens with zero attached hydrogens (tertiary/aromatic N) is 1. The second-order valence-electron chi connectivity index (χ2n) is 9.14. The summed E-state index contributed by atoms with van der Waals surface area (Å²) < 4.78 is 23.4. The minimum Gasteiger partial charge on any atom is -0.443 e. The molecule has 0 unspecified atom stereocenters. The van der Waals surface area contributed by atoms with Gasteiger partial charge in [-0.15, -0.1) is 0 Å². The molecular formula is C21H37NO6. The third kappa shape index (κ3) is 5.13. The van der Waals surface area contributed by atoms with Crippen molar-refractivity contribution in [3.8, 4) is 0 Å². The average Bonchev–Trinajstić information content (AvgIpc) is 2.41. The predicted octanol–water partition coefficient (Wildman–Crippen LogP) is 4.40. The molecular weight excluding hydrogens is 362 g/mol. The smallest absolute Gasteiger partial charge is 0.417 e. The van der Waals surface area contributed by atoms with Gasteiger partial charge in [-0.25, -0.2) is 9.69 Å². The van der Waals surface area contributed by atoms with Crippen LogP contribution in [0.4, 0.5) is 4.79 Å². The molecule has 0 saturated carbocycles. The van der Waals surface area contributed by atoms with Crippen molar-refractivity contribution in [2.45, 2.75) is 112 Å². The standard InChI is InChI=1S/C21H37NO6/c1-13(2)12-20(25-14(3)4)17(23)21(26-15(5)6,27-16(7)8)22(20)18(24)28-19(9,10)11/h12,14-16H,1-11H3/t20-/m0/s1. The summed E-state index contributed by atoms with van der Waals surface area (Å²) in [4.78, 5) is 27.9. The summed E-state index contributed by atoms with van der Waals surface area (Å²) in [5, 5.41) is 0. The molecule has 1 atom stereocenters. The first-order valence-electron chi connectivity index (χ1n) is 9.85. The lowest BCUT2D eigenvalue weighted by Gasteiger charge is -2.59. The van der Waals surface area contributed by atoms with Gasteiger partial charge >= 0.3 is 12.0 Å². The molecule has 0 aromatic rings. The van der Waals surface area contributed by atoms with Crippen molar-refractivity contribution in [2.75, 3.05) is 0 Å². The van der Waals surface area contributed by atoms with Gasteiger partial charge in [-0.1, -0.05) is 5.57 Å². The molecule has 7 heteroatoms. The first-order valence-corrected chi connectivity index (χ1v) is 9.85. The Kier molecular flexibility index (Phi) is 7.48. The van der Waals surface area contributed by atoms with Crippen LogP contribution in [-0.2, 0) is 23.7 Å². The first-order chi connectivity index (χ1) is 12.6. The van der Waals surface area contributed by atoms with E-state index in [1.165, 1.54) is 0 Å². The molecule has 1 amide bonds. The average molecular weight is 400 g/mol. The first kappa shape index (κ1) is 24.6. The fraction of sp³-hybridized carbons (Fsp3) is 0.810. The van der Waals surface area contributed by atoms with E-state index in [0.717, 1.165) is 10.5 Å². The van der Waals surface area contributed by atoms with Crippen molar-refractivity contribution in [1.29, 1.82) is 0 Å². The summed E-state index contributed by atoms with van der Waals surface area (Å²) >= 11 is 0. The van der Waals surface area contributed by atoms with Crippen molar-refractivity contribution >= 4 is 11.9 Å². The SMILES string of the molecule is CC(C)=C[C@]1(OC(C)C)C(=O)C(OC(C)C)(OC(C)C)N1C(=O)OC(C)(C)C. The van der Waals surface area contributed by atoms with E-state index in [1.54, 1.807) is 68.4 Å². The van der Waals surface area contributed by atoms with Crippen LogP contribution in [0.2, 0.25) is 0 Å². The second-order valence-corrected chi connectivity index (χ2v) is 9.14. The molecule has 28 heavy (non-hydrogen) atoms. The van der Waals surface area contributed by atoms with Crippen LogP contribution >= 0.6 is 0 Å². The van der Waals surface area contributed by atoms with E-state index in [4.69, 9.17) is 18.9 Å². The minimum absolute atomic E-state index is 0.333. The zero-order valence-electron chi connectivity index (χ0n) is 19.2. The van der Waals surface area contributed by atoms with Crippen molar-refractivity contribution in [1.82, 2.24) is 4.90 Å². The Morgan fingerprint density at radius 1 is 0.929 bits per heavy atom. The molecule has 0 aliphatic carbocycles. The van der Waals surface area contributed by atoms with E-state index in [2.05, 4.69) is 0 Å². The van der Waals surface area contributed by atoms with E-state index in [0.29, 0.717) is 0 Å². The van der Waals surface area contributed by atoms with Crippen molar-refractivity contribution in [3.63, 3.8) is 0 Å². The highest BCUT2D eigenvalue weighted by molar-refractivity contribution is 6.06. The van der Waals surface area contributed by atoms with Crippen molar-refractivity contribution < 1.29 is 28.5 Å². The maximum atomic E-state index is 13.6. The lowest BCUT2D eigenvalue weighted by molar-refractivity contribution is -0.388. The third-order valence-electron chi connectivity index (χ3n) is 3.51. The van der Waals surface area contributed by atoms with E-state index >= 15 is 0 Å². The van der Waals surface area contributed by atoms with Crippen LogP contribution in [0.25, 0.3) is 0 Å². The predicted molar refractivity (Wildman–Crippen MR) is 107 cm³/mol. The maximum Gasteiger partial charge on any atom is 0.417 e. The maximum absolute atomic E-state index is 13.6. The van der Waals surface area contributed by atoms with Crippen LogP contribution in [0.5, 0.6) is 0 Å². The zero-order chi connectivity index (χ0) is 22.1. The number of allylic oxidation sites excluding steroid dienone is 1. The highest BCUT2D eigenvalue weighted by Gasteiger charge is 2.77. The van der Waals surface area contributed by atoms with Crippen LogP contribution in [0.3, 0.4) is 0 Å². The van der Waals surface area contributed by atoms with Gasteiger partial charge in [-0.05, 0) is 82.2 Å². The van der Waals surface area contributed by atoms with Gasteiger partial charge in [0.2, 0.25) is 5.72 Å². The molecule has 0 spiro atoms. The fourth-order valence-corrected chi connectivity index (χ4v) is 3.06. The number of carbonyl (C=O) groups excluding carboxylic acids is 2. The van der Waals surface area contributed by atoms with Gasteiger partial charge in [0, 0.05) is 0 Å². The molecule has 1 aliphatic rings. The molecule has 0 aromatic carbocycles. The highest BCUT2D eigenvalue weighted by Crippen LogP contribution is 2.48. The van der Waals surface area contributed by atoms with Gasteiger partial charge in [0.25, 0.3) is 5.78 Å². The van der Waals surface area contributed by atoms with Crippen LogP contribution < -0.4 is 0 Å². The van der Waals surface area contributed by atoms with Crippen molar-refractivity contribution in [3.05, 3.63) is 11.6 Å². The monoisotopic (exact) mass is 399 g/mol. The highest BCUT2D eigenvalue weighted by atomic mass is 16.8. The van der Waals surface area contributed by atoms with E-state index < -0.39 is 29.1 Å². The summed E-state index contributed by atoms with van der Waals surface area (Å²) in [7, 11) is 0. The summed E-state index contributed by atoms with van der Waals surface area (Å²) in [6, 6.07) is 0. The van der Waals surface area contributed by atoms with E-state index in [9.17, 15) is 9.59 Å². The zero-order valence-corrected chi connectivity index (χ0v) is 19.2. The summed E-state index contributed by atoms with van der Waals surface area (Å²) in [5.41, 5.74) is -1.62. The Balaban J connectivity index is 3.65. The molecule has 1 aliphatic heterocycles. The second kappa shape index (κ2) is 8.51. The third-order valence-corrected chi connectivity index (χ3v) is 3.51. The Bertz CT molecular complexity index is 603. The molecule has 0 aromatic heterocycles. The number of hydrogen-bond acceptors (Lipinski definition) is 6. The van der Waals surface area contributed by atoms with Gasteiger partial charge < -0.3 is 18.9 Å². The van der Waals surface area contributed by atoms with Gasteiger partial charge in [-0.3, -0.25) is 4.79 Å². The number of hydrogen-bond donors (Lipinski definition) is 0. The lowest BCUT2D eigenvalue weighted by atomic mass is 9.88. The van der Waals surface area contributed by atoms with Gasteiger partial charge in [0.1, 0.15) is 5.60 Å².